The third kappa shape index (κ3) is 5.74. The van der Waals surface area contributed by atoms with E-state index in [4.69, 9.17) is 21.1 Å². The summed E-state index contributed by atoms with van der Waals surface area (Å²) in [5.41, 5.74) is 1.05. The molecule has 1 N–H and O–H groups in total. The van der Waals surface area contributed by atoms with Gasteiger partial charge in [0.15, 0.2) is 0 Å². The lowest BCUT2D eigenvalue weighted by molar-refractivity contribution is -0.138. The number of rotatable bonds is 6. The molecule has 2 rings (SSSR count). The van der Waals surface area contributed by atoms with E-state index in [1.54, 1.807) is 7.11 Å². The second-order valence-electron chi connectivity index (χ2n) is 4.92. The highest BCUT2D eigenvalue weighted by molar-refractivity contribution is 6.30. The molecule has 0 aromatic heterocycles. The Balaban J connectivity index is 0.00000242. The van der Waals surface area contributed by atoms with Crippen molar-refractivity contribution in [2.24, 2.45) is 0 Å². The number of morpholine rings is 1. The van der Waals surface area contributed by atoms with Gasteiger partial charge in [0.2, 0.25) is 5.91 Å². The van der Waals surface area contributed by atoms with Gasteiger partial charge in [-0.25, -0.2) is 0 Å². The topological polar surface area (TPSA) is 50.8 Å². The molecular formula is C15H22Cl2N2O3. The molecule has 1 aromatic rings. The van der Waals surface area contributed by atoms with E-state index in [2.05, 4.69) is 5.32 Å². The van der Waals surface area contributed by atoms with Crippen molar-refractivity contribution in [1.82, 2.24) is 10.2 Å². The minimum atomic E-state index is -0.0843. The van der Waals surface area contributed by atoms with Crippen molar-refractivity contribution in [3.05, 3.63) is 34.9 Å². The minimum Gasteiger partial charge on any atom is -0.383 e. The second-order valence-corrected chi connectivity index (χ2v) is 5.36. The van der Waals surface area contributed by atoms with Crippen molar-refractivity contribution in [3.63, 3.8) is 0 Å². The minimum absolute atomic E-state index is 0. The van der Waals surface area contributed by atoms with Gasteiger partial charge in [0.05, 0.1) is 26.3 Å². The number of ether oxygens (including phenoxy) is 2. The summed E-state index contributed by atoms with van der Waals surface area (Å²) in [6.45, 7) is 3.37. The predicted molar refractivity (Wildman–Crippen MR) is 88.7 cm³/mol. The maximum Gasteiger partial charge on any atom is 0.236 e. The smallest absolute Gasteiger partial charge is 0.236 e. The Kier molecular flexibility index (Phi) is 8.75. The molecule has 1 heterocycles. The number of benzene rings is 1. The molecule has 0 saturated carbocycles. The third-order valence-electron chi connectivity index (χ3n) is 3.42. The van der Waals surface area contributed by atoms with Crippen molar-refractivity contribution in [2.75, 3.05) is 46.5 Å². The summed E-state index contributed by atoms with van der Waals surface area (Å²) in [5.74, 6) is 0.0911. The molecule has 1 saturated heterocycles. The zero-order valence-corrected chi connectivity index (χ0v) is 14.2. The summed E-state index contributed by atoms with van der Waals surface area (Å²) < 4.78 is 10.7. The fourth-order valence-electron chi connectivity index (χ4n) is 2.24. The molecule has 7 heteroatoms. The lowest BCUT2D eigenvalue weighted by Crippen LogP contribution is -2.46. The van der Waals surface area contributed by atoms with Crippen LogP contribution in [0.5, 0.6) is 0 Å². The number of carbonyl (C=O) groups excluding carboxylic acids is 1. The zero-order valence-electron chi connectivity index (χ0n) is 12.6. The van der Waals surface area contributed by atoms with Crippen LogP contribution in [0, 0.1) is 0 Å². The van der Waals surface area contributed by atoms with Gasteiger partial charge in [-0.15, -0.1) is 12.4 Å². The average Bonchev–Trinajstić information content (AvgIpc) is 2.52. The summed E-state index contributed by atoms with van der Waals surface area (Å²) >= 11 is 5.89. The van der Waals surface area contributed by atoms with Crippen molar-refractivity contribution in [1.29, 1.82) is 0 Å². The number of hydrogen-bond acceptors (Lipinski definition) is 4. The number of halogens is 2. The molecule has 0 aliphatic carbocycles. The van der Waals surface area contributed by atoms with Crippen molar-refractivity contribution < 1.29 is 14.3 Å². The van der Waals surface area contributed by atoms with Gasteiger partial charge < -0.3 is 19.7 Å². The van der Waals surface area contributed by atoms with Crippen LogP contribution in [0.2, 0.25) is 5.02 Å². The summed E-state index contributed by atoms with van der Waals surface area (Å²) in [4.78, 5) is 14.0. The Labute approximate surface area is 142 Å². The highest BCUT2D eigenvalue weighted by Gasteiger charge is 2.24. The number of nitrogens with one attached hydrogen (secondary N) is 1. The van der Waals surface area contributed by atoms with E-state index in [-0.39, 0.29) is 24.4 Å². The maximum atomic E-state index is 12.1. The Bertz CT molecular complexity index is 457. The second kappa shape index (κ2) is 10.0. The van der Waals surface area contributed by atoms with E-state index >= 15 is 0 Å². The number of hydrogen-bond donors (Lipinski definition) is 1. The number of nitrogens with zero attached hydrogens (tertiary/aromatic N) is 1. The Morgan fingerprint density at radius 2 is 2.18 bits per heavy atom. The van der Waals surface area contributed by atoms with Crippen LogP contribution in [-0.4, -0.2) is 57.3 Å². The van der Waals surface area contributed by atoms with Crippen LogP contribution in [0.25, 0.3) is 0 Å². The first-order valence-electron chi connectivity index (χ1n) is 7.05. The predicted octanol–water partition coefficient (Wildman–Crippen LogP) is 1.90. The van der Waals surface area contributed by atoms with Gasteiger partial charge in [-0.05, 0) is 17.7 Å². The van der Waals surface area contributed by atoms with Gasteiger partial charge in [0.25, 0.3) is 0 Å². The molecule has 124 valence electrons. The molecule has 1 aromatic carbocycles. The van der Waals surface area contributed by atoms with E-state index < -0.39 is 0 Å². The van der Waals surface area contributed by atoms with Crippen molar-refractivity contribution >= 4 is 29.9 Å². The molecular weight excluding hydrogens is 327 g/mol. The lowest BCUT2D eigenvalue weighted by atomic mass is 10.1. The molecule has 22 heavy (non-hydrogen) atoms. The quantitative estimate of drug-likeness (QED) is 0.797. The molecule has 0 bridgehead atoms. The SMILES string of the molecule is COCCNCC(=O)N1CCOC(c2ccc(Cl)cc2)C1.Cl. The first-order chi connectivity index (χ1) is 10.2. The maximum absolute atomic E-state index is 12.1. The average molecular weight is 349 g/mol. The van der Waals surface area contributed by atoms with Crippen molar-refractivity contribution in [3.8, 4) is 0 Å². The van der Waals surface area contributed by atoms with Gasteiger partial charge >= 0.3 is 0 Å². The summed E-state index contributed by atoms with van der Waals surface area (Å²) in [5, 5.41) is 3.77. The lowest BCUT2D eigenvalue weighted by Gasteiger charge is -2.33. The fraction of sp³-hybridized carbons (Fsp3) is 0.533. The number of carbonyl (C=O) groups is 1. The van der Waals surface area contributed by atoms with Gasteiger partial charge in [-0.2, -0.15) is 0 Å². The molecule has 0 spiro atoms. The van der Waals surface area contributed by atoms with Crippen molar-refractivity contribution in [2.45, 2.75) is 6.10 Å². The van der Waals surface area contributed by atoms with Crippen LogP contribution in [0.1, 0.15) is 11.7 Å². The Hall–Kier alpha value is -0.850. The third-order valence-corrected chi connectivity index (χ3v) is 3.67. The van der Waals surface area contributed by atoms with Gasteiger partial charge in [-0.1, -0.05) is 23.7 Å². The van der Waals surface area contributed by atoms with Crippen LogP contribution in [0.15, 0.2) is 24.3 Å². The van der Waals surface area contributed by atoms with E-state index in [0.29, 0.717) is 44.4 Å². The van der Waals surface area contributed by atoms with Gasteiger partial charge in [-0.3, -0.25) is 4.79 Å². The first-order valence-corrected chi connectivity index (χ1v) is 7.43. The standard InChI is InChI=1S/C15H21ClN2O3.ClH/c1-20-8-6-17-10-15(19)18-7-9-21-14(11-18)12-2-4-13(16)5-3-12;/h2-5,14,17H,6-11H2,1H3;1H. The van der Waals surface area contributed by atoms with Gasteiger partial charge in [0, 0.05) is 25.2 Å². The van der Waals surface area contributed by atoms with E-state index in [9.17, 15) is 4.79 Å². The number of methoxy groups -OCH3 is 1. The molecule has 0 radical (unpaired) electrons. The first kappa shape index (κ1) is 19.2. The molecule has 1 aliphatic rings. The van der Waals surface area contributed by atoms with Crippen LogP contribution in [-0.2, 0) is 14.3 Å². The highest BCUT2D eigenvalue weighted by atomic mass is 35.5. The van der Waals surface area contributed by atoms with Crippen LogP contribution >= 0.6 is 24.0 Å². The molecule has 1 atom stereocenters. The highest BCUT2D eigenvalue weighted by Crippen LogP contribution is 2.23. The zero-order chi connectivity index (χ0) is 15.1. The van der Waals surface area contributed by atoms with E-state index in [1.165, 1.54) is 0 Å². The molecule has 1 fully saturated rings. The Morgan fingerprint density at radius 1 is 1.45 bits per heavy atom. The fourth-order valence-corrected chi connectivity index (χ4v) is 2.36. The van der Waals surface area contributed by atoms with Crippen LogP contribution < -0.4 is 5.32 Å². The van der Waals surface area contributed by atoms with E-state index in [1.807, 2.05) is 29.2 Å². The van der Waals surface area contributed by atoms with Crippen LogP contribution in [0.3, 0.4) is 0 Å². The summed E-state index contributed by atoms with van der Waals surface area (Å²) in [6.07, 6.45) is -0.0843. The largest absolute Gasteiger partial charge is 0.383 e. The molecule has 1 amide bonds. The monoisotopic (exact) mass is 348 g/mol. The van der Waals surface area contributed by atoms with E-state index in [0.717, 1.165) is 5.56 Å². The Morgan fingerprint density at radius 3 is 2.86 bits per heavy atom. The number of amides is 1. The van der Waals surface area contributed by atoms with Gasteiger partial charge in [0.1, 0.15) is 6.10 Å². The summed E-state index contributed by atoms with van der Waals surface area (Å²) in [6, 6.07) is 7.57. The summed E-state index contributed by atoms with van der Waals surface area (Å²) in [7, 11) is 1.64. The molecule has 1 unspecified atom stereocenters. The normalized spacial score (nSPS) is 17.9. The molecule has 1 aliphatic heterocycles. The van der Waals surface area contributed by atoms with Crippen LogP contribution in [0.4, 0.5) is 0 Å². The molecule has 5 nitrogen and oxygen atoms in total.